The molecule has 1 aromatic heterocycles. The van der Waals surface area contributed by atoms with Crippen LogP contribution in [0, 0.1) is 0 Å². The molecule has 0 unspecified atom stereocenters. The van der Waals surface area contributed by atoms with Crippen molar-refractivity contribution in [2.45, 2.75) is 13.1 Å². The monoisotopic (exact) mass is 244 g/mol. The maximum atomic E-state index is 11.0. The van der Waals surface area contributed by atoms with Crippen LogP contribution in [0.25, 0.3) is 0 Å². The summed E-state index contributed by atoms with van der Waals surface area (Å²) in [4.78, 5) is 11.0. The maximum Gasteiger partial charge on any atom is 0.181 e. The number of hydrogen-bond donors (Lipinski definition) is 1. The molecule has 0 fully saturated rings. The van der Waals surface area contributed by atoms with Gasteiger partial charge < -0.3 is 15.0 Å². The first-order valence-electron chi connectivity index (χ1n) is 5.75. The van der Waals surface area contributed by atoms with Crippen molar-refractivity contribution < 1.29 is 4.74 Å². The van der Waals surface area contributed by atoms with Crippen molar-refractivity contribution in [1.82, 2.24) is 4.57 Å². The number of pyridine rings is 1. The van der Waals surface area contributed by atoms with Crippen LogP contribution in [0.1, 0.15) is 11.1 Å². The lowest BCUT2D eigenvalue weighted by atomic mass is 10.1. The van der Waals surface area contributed by atoms with Crippen LogP contribution < -0.4 is 15.9 Å². The number of ether oxygens (including phenoxy) is 1. The van der Waals surface area contributed by atoms with Crippen molar-refractivity contribution in [3.63, 3.8) is 0 Å². The van der Waals surface area contributed by atoms with Gasteiger partial charge in [0.2, 0.25) is 0 Å². The number of rotatable bonds is 4. The van der Waals surface area contributed by atoms with Gasteiger partial charge in [0.15, 0.2) is 5.43 Å². The SMILES string of the molecule is COc1ccc(CN)cc1Cn1ccc(=O)cc1. The topological polar surface area (TPSA) is 57.2 Å². The number of benzene rings is 1. The molecule has 0 atom stereocenters. The van der Waals surface area contributed by atoms with Gasteiger partial charge in [-0.15, -0.1) is 0 Å². The lowest BCUT2D eigenvalue weighted by Gasteiger charge is -2.12. The molecule has 2 rings (SSSR count). The molecule has 1 heterocycles. The molecule has 0 amide bonds. The van der Waals surface area contributed by atoms with E-state index in [-0.39, 0.29) is 5.43 Å². The Kier molecular flexibility index (Phi) is 3.79. The number of nitrogens with two attached hydrogens (primary N) is 1. The molecule has 1 aromatic carbocycles. The molecular weight excluding hydrogens is 228 g/mol. The third kappa shape index (κ3) is 2.78. The summed E-state index contributed by atoms with van der Waals surface area (Å²) in [5.74, 6) is 0.825. The van der Waals surface area contributed by atoms with E-state index in [1.54, 1.807) is 31.6 Å². The number of nitrogens with zero attached hydrogens (tertiary/aromatic N) is 1. The summed E-state index contributed by atoms with van der Waals surface area (Å²) >= 11 is 0. The van der Waals surface area contributed by atoms with E-state index < -0.39 is 0 Å². The Balaban J connectivity index is 2.31. The number of hydrogen-bond acceptors (Lipinski definition) is 3. The second kappa shape index (κ2) is 5.51. The van der Waals surface area contributed by atoms with Crippen molar-refractivity contribution in [3.05, 3.63) is 64.1 Å². The lowest BCUT2D eigenvalue weighted by molar-refractivity contribution is 0.408. The van der Waals surface area contributed by atoms with Gasteiger partial charge in [-0.05, 0) is 17.7 Å². The Morgan fingerprint density at radius 1 is 1.22 bits per heavy atom. The van der Waals surface area contributed by atoms with Gasteiger partial charge in [-0.1, -0.05) is 6.07 Å². The fraction of sp³-hybridized carbons (Fsp3) is 0.214. The average molecular weight is 244 g/mol. The molecular formula is C14H16N2O2. The van der Waals surface area contributed by atoms with Gasteiger partial charge in [0, 0.05) is 36.6 Å². The third-order valence-electron chi connectivity index (χ3n) is 2.79. The van der Waals surface area contributed by atoms with Gasteiger partial charge in [-0.2, -0.15) is 0 Å². The first-order chi connectivity index (χ1) is 8.72. The largest absolute Gasteiger partial charge is 0.496 e. The van der Waals surface area contributed by atoms with E-state index in [4.69, 9.17) is 10.5 Å². The van der Waals surface area contributed by atoms with Crippen LogP contribution in [0.3, 0.4) is 0 Å². The van der Waals surface area contributed by atoms with Crippen molar-refractivity contribution in [3.8, 4) is 5.75 Å². The predicted octanol–water partition coefficient (Wildman–Crippen LogP) is 1.36. The molecule has 4 heteroatoms. The highest BCUT2D eigenvalue weighted by Crippen LogP contribution is 2.20. The van der Waals surface area contributed by atoms with Crippen molar-refractivity contribution in [2.75, 3.05) is 7.11 Å². The normalized spacial score (nSPS) is 10.3. The summed E-state index contributed by atoms with van der Waals surface area (Å²) in [6, 6.07) is 8.98. The van der Waals surface area contributed by atoms with Gasteiger partial charge in [0.05, 0.1) is 13.7 Å². The summed E-state index contributed by atoms with van der Waals surface area (Å²) in [5, 5.41) is 0. The Morgan fingerprint density at radius 2 is 1.94 bits per heavy atom. The zero-order valence-corrected chi connectivity index (χ0v) is 10.3. The molecule has 0 radical (unpaired) electrons. The van der Waals surface area contributed by atoms with Crippen LogP contribution in [0.2, 0.25) is 0 Å². The molecule has 0 bridgehead atoms. The summed E-state index contributed by atoms with van der Waals surface area (Å²) in [6.45, 7) is 1.15. The molecule has 0 saturated carbocycles. The van der Waals surface area contributed by atoms with Crippen LogP contribution in [0.4, 0.5) is 0 Å². The summed E-state index contributed by atoms with van der Waals surface area (Å²) in [6.07, 6.45) is 3.52. The highest BCUT2D eigenvalue weighted by atomic mass is 16.5. The quantitative estimate of drug-likeness (QED) is 0.883. The van der Waals surface area contributed by atoms with Gasteiger partial charge in [-0.3, -0.25) is 4.79 Å². The highest BCUT2D eigenvalue weighted by molar-refractivity contribution is 5.37. The van der Waals surface area contributed by atoms with Crippen molar-refractivity contribution in [1.29, 1.82) is 0 Å². The van der Waals surface area contributed by atoms with E-state index in [1.165, 1.54) is 0 Å². The van der Waals surface area contributed by atoms with E-state index in [2.05, 4.69) is 0 Å². The molecule has 2 N–H and O–H groups in total. The van der Waals surface area contributed by atoms with Gasteiger partial charge in [-0.25, -0.2) is 0 Å². The van der Waals surface area contributed by atoms with E-state index in [0.29, 0.717) is 13.1 Å². The Bertz CT molecular complexity index is 570. The standard InChI is InChI=1S/C14H16N2O2/c1-18-14-3-2-11(9-15)8-12(14)10-16-6-4-13(17)5-7-16/h2-8H,9-10,15H2,1H3. The molecule has 18 heavy (non-hydrogen) atoms. The summed E-state index contributed by atoms with van der Waals surface area (Å²) < 4.78 is 7.25. The van der Waals surface area contributed by atoms with Gasteiger partial charge in [0.25, 0.3) is 0 Å². The second-order valence-electron chi connectivity index (χ2n) is 4.06. The van der Waals surface area contributed by atoms with E-state index >= 15 is 0 Å². The Hall–Kier alpha value is -2.07. The smallest absolute Gasteiger partial charge is 0.181 e. The molecule has 94 valence electrons. The second-order valence-corrected chi connectivity index (χ2v) is 4.06. The van der Waals surface area contributed by atoms with Gasteiger partial charge in [0.1, 0.15) is 5.75 Å². The molecule has 0 aliphatic heterocycles. The molecule has 4 nitrogen and oxygen atoms in total. The Labute approximate surface area is 106 Å². The molecule has 0 aliphatic carbocycles. The Morgan fingerprint density at radius 3 is 2.56 bits per heavy atom. The maximum absolute atomic E-state index is 11.0. The fourth-order valence-corrected chi connectivity index (χ4v) is 1.83. The van der Waals surface area contributed by atoms with E-state index in [1.807, 2.05) is 22.8 Å². The zero-order valence-electron chi connectivity index (χ0n) is 10.3. The zero-order chi connectivity index (χ0) is 13.0. The molecule has 0 spiro atoms. The van der Waals surface area contributed by atoms with E-state index in [0.717, 1.165) is 16.9 Å². The van der Waals surface area contributed by atoms with Crippen LogP contribution >= 0.6 is 0 Å². The van der Waals surface area contributed by atoms with Crippen LogP contribution in [0.15, 0.2) is 47.5 Å². The summed E-state index contributed by atoms with van der Waals surface area (Å²) in [7, 11) is 1.65. The van der Waals surface area contributed by atoms with E-state index in [9.17, 15) is 4.79 Å². The first-order valence-corrected chi connectivity index (χ1v) is 5.75. The fourth-order valence-electron chi connectivity index (χ4n) is 1.83. The predicted molar refractivity (Wildman–Crippen MR) is 70.7 cm³/mol. The summed E-state index contributed by atoms with van der Waals surface area (Å²) in [5.41, 5.74) is 7.75. The number of aromatic nitrogens is 1. The molecule has 0 aliphatic rings. The molecule has 0 saturated heterocycles. The lowest BCUT2D eigenvalue weighted by Crippen LogP contribution is -2.07. The minimum Gasteiger partial charge on any atom is -0.496 e. The average Bonchev–Trinajstić information content (AvgIpc) is 2.41. The third-order valence-corrected chi connectivity index (χ3v) is 2.79. The van der Waals surface area contributed by atoms with Crippen LogP contribution in [-0.2, 0) is 13.1 Å². The van der Waals surface area contributed by atoms with Crippen LogP contribution in [-0.4, -0.2) is 11.7 Å². The minimum atomic E-state index is 0.00826. The van der Waals surface area contributed by atoms with Crippen molar-refractivity contribution >= 4 is 0 Å². The number of methoxy groups -OCH3 is 1. The van der Waals surface area contributed by atoms with Gasteiger partial charge >= 0.3 is 0 Å². The first kappa shape index (κ1) is 12.4. The van der Waals surface area contributed by atoms with Crippen LogP contribution in [0.5, 0.6) is 5.75 Å². The highest BCUT2D eigenvalue weighted by Gasteiger charge is 2.04. The minimum absolute atomic E-state index is 0.00826. The van der Waals surface area contributed by atoms with Crippen molar-refractivity contribution in [2.24, 2.45) is 5.73 Å². The molecule has 2 aromatic rings.